The van der Waals surface area contributed by atoms with Crippen molar-refractivity contribution in [3.8, 4) is 0 Å². The summed E-state index contributed by atoms with van der Waals surface area (Å²) >= 11 is 0. The van der Waals surface area contributed by atoms with E-state index in [1.54, 1.807) is 0 Å². The molecule has 0 saturated heterocycles. The maximum Gasteiger partial charge on any atom is 0.402 e. The lowest BCUT2D eigenvalue weighted by atomic mass is 10.2. The number of benzene rings is 1. The molecule has 0 aliphatic heterocycles. The Bertz CT molecular complexity index is 642. The molecular formula is C11H11F4NO4S. The second kappa shape index (κ2) is 5.98. The average molecular weight is 329 g/mol. The Morgan fingerprint density at radius 1 is 1.33 bits per heavy atom. The van der Waals surface area contributed by atoms with Crippen LogP contribution in [0.15, 0.2) is 23.1 Å². The van der Waals surface area contributed by atoms with E-state index in [1.807, 2.05) is 0 Å². The molecule has 1 aromatic rings. The van der Waals surface area contributed by atoms with Gasteiger partial charge in [0.1, 0.15) is 12.4 Å². The molecule has 0 fully saturated rings. The fourth-order valence-electron chi connectivity index (χ4n) is 1.59. The van der Waals surface area contributed by atoms with Crippen LogP contribution in [0, 0.1) is 5.82 Å². The van der Waals surface area contributed by atoms with Crippen molar-refractivity contribution in [2.24, 2.45) is 0 Å². The number of halogens is 4. The van der Waals surface area contributed by atoms with Crippen molar-refractivity contribution in [2.45, 2.75) is 18.0 Å². The van der Waals surface area contributed by atoms with Gasteiger partial charge in [-0.3, -0.25) is 0 Å². The van der Waals surface area contributed by atoms with E-state index >= 15 is 0 Å². The quantitative estimate of drug-likeness (QED) is 0.840. The lowest BCUT2D eigenvalue weighted by Crippen LogP contribution is -2.39. The first-order valence-corrected chi connectivity index (χ1v) is 7.02. The molecule has 5 nitrogen and oxygen atoms in total. The van der Waals surface area contributed by atoms with Crippen molar-refractivity contribution in [1.82, 2.24) is 4.31 Å². The van der Waals surface area contributed by atoms with Gasteiger partial charge in [0, 0.05) is 6.54 Å². The molecule has 0 amide bonds. The van der Waals surface area contributed by atoms with Gasteiger partial charge >= 0.3 is 12.1 Å². The van der Waals surface area contributed by atoms with Gasteiger partial charge < -0.3 is 5.11 Å². The van der Waals surface area contributed by atoms with Crippen molar-refractivity contribution in [1.29, 1.82) is 0 Å². The second-order valence-corrected chi connectivity index (χ2v) is 5.90. The molecule has 0 unspecified atom stereocenters. The number of alkyl halides is 3. The Balaban J connectivity index is 3.42. The van der Waals surface area contributed by atoms with Crippen LogP contribution < -0.4 is 0 Å². The number of hydrogen-bond acceptors (Lipinski definition) is 3. The zero-order valence-electron chi connectivity index (χ0n) is 10.7. The molecule has 1 aromatic carbocycles. The Morgan fingerprint density at radius 3 is 2.33 bits per heavy atom. The number of hydrogen-bond donors (Lipinski definition) is 1. The number of nitrogens with zero attached hydrogens (tertiary/aromatic N) is 1. The van der Waals surface area contributed by atoms with E-state index < -0.39 is 51.5 Å². The van der Waals surface area contributed by atoms with Gasteiger partial charge in [-0.1, -0.05) is 6.92 Å². The molecule has 0 aliphatic carbocycles. The fraction of sp³-hybridized carbons (Fsp3) is 0.364. The van der Waals surface area contributed by atoms with E-state index in [9.17, 15) is 30.8 Å². The van der Waals surface area contributed by atoms with E-state index in [4.69, 9.17) is 5.11 Å². The van der Waals surface area contributed by atoms with Gasteiger partial charge in [0.25, 0.3) is 0 Å². The molecule has 0 atom stereocenters. The second-order valence-electron chi connectivity index (χ2n) is 3.99. The summed E-state index contributed by atoms with van der Waals surface area (Å²) in [4.78, 5) is 9.94. The predicted octanol–water partition coefficient (Wildman–Crippen LogP) is 2.10. The molecule has 0 bridgehead atoms. The van der Waals surface area contributed by atoms with Crippen LogP contribution in [-0.2, 0) is 10.0 Å². The monoisotopic (exact) mass is 329 g/mol. The number of carboxylic acid groups (broad SMARTS) is 1. The van der Waals surface area contributed by atoms with E-state index in [1.165, 1.54) is 0 Å². The number of aromatic carboxylic acids is 1. The lowest BCUT2D eigenvalue weighted by Gasteiger charge is -2.22. The molecule has 118 valence electrons. The highest BCUT2D eigenvalue weighted by Gasteiger charge is 2.37. The van der Waals surface area contributed by atoms with Crippen molar-refractivity contribution < 1.29 is 35.9 Å². The van der Waals surface area contributed by atoms with E-state index in [0.717, 1.165) is 6.92 Å². The molecule has 1 N–H and O–H groups in total. The highest BCUT2D eigenvalue weighted by Crippen LogP contribution is 2.25. The summed E-state index contributed by atoms with van der Waals surface area (Å²) in [6, 6.07) is 1.78. The molecule has 0 aliphatic rings. The van der Waals surface area contributed by atoms with Gasteiger partial charge in [-0.25, -0.2) is 17.6 Å². The molecule has 21 heavy (non-hydrogen) atoms. The third-order valence-electron chi connectivity index (χ3n) is 2.50. The molecule has 10 heteroatoms. The summed E-state index contributed by atoms with van der Waals surface area (Å²) in [6.07, 6.45) is -4.81. The van der Waals surface area contributed by atoms with Gasteiger partial charge in [-0.2, -0.15) is 17.5 Å². The van der Waals surface area contributed by atoms with Crippen LogP contribution in [0.5, 0.6) is 0 Å². The Labute approximate surface area is 117 Å². The zero-order valence-corrected chi connectivity index (χ0v) is 11.5. The zero-order chi connectivity index (χ0) is 16.4. The summed E-state index contributed by atoms with van der Waals surface area (Å²) in [7, 11) is -4.79. The maximum atomic E-state index is 13.1. The smallest absolute Gasteiger partial charge is 0.402 e. The van der Waals surface area contributed by atoms with Crippen LogP contribution in [0.25, 0.3) is 0 Å². The Morgan fingerprint density at radius 2 is 1.90 bits per heavy atom. The minimum Gasteiger partial charge on any atom is -0.478 e. The first-order chi connectivity index (χ1) is 9.49. The number of sulfonamides is 1. The molecule has 0 heterocycles. The van der Waals surface area contributed by atoms with Crippen LogP contribution >= 0.6 is 0 Å². The summed E-state index contributed by atoms with van der Waals surface area (Å²) < 4.78 is 74.6. The first kappa shape index (κ1) is 17.4. The first-order valence-electron chi connectivity index (χ1n) is 5.58. The molecule has 0 saturated carbocycles. The van der Waals surface area contributed by atoms with E-state index in [-0.39, 0.29) is 4.31 Å². The third-order valence-corrected chi connectivity index (χ3v) is 4.46. The van der Waals surface area contributed by atoms with Gasteiger partial charge in [0.05, 0.1) is 10.5 Å². The highest BCUT2D eigenvalue weighted by atomic mass is 32.2. The minimum absolute atomic E-state index is 0.0359. The van der Waals surface area contributed by atoms with Crippen LogP contribution in [0.2, 0.25) is 0 Å². The van der Waals surface area contributed by atoms with E-state index in [0.29, 0.717) is 18.2 Å². The predicted molar refractivity (Wildman–Crippen MR) is 63.8 cm³/mol. The molecule has 0 spiro atoms. The Kier molecular flexibility index (Phi) is 4.95. The van der Waals surface area contributed by atoms with Crippen LogP contribution in [0.4, 0.5) is 17.6 Å². The molecule has 0 radical (unpaired) electrons. The van der Waals surface area contributed by atoms with Crippen molar-refractivity contribution in [3.05, 3.63) is 29.6 Å². The summed E-state index contributed by atoms with van der Waals surface area (Å²) in [6.45, 7) is -1.18. The molecular weight excluding hydrogens is 318 g/mol. The van der Waals surface area contributed by atoms with Gasteiger partial charge in [0.15, 0.2) is 0 Å². The van der Waals surface area contributed by atoms with E-state index in [2.05, 4.69) is 0 Å². The molecule has 1 rings (SSSR count). The summed E-state index contributed by atoms with van der Waals surface area (Å²) in [5.74, 6) is -2.75. The highest BCUT2D eigenvalue weighted by molar-refractivity contribution is 7.89. The van der Waals surface area contributed by atoms with Crippen LogP contribution in [0.1, 0.15) is 17.3 Å². The van der Waals surface area contributed by atoms with Crippen molar-refractivity contribution >= 4 is 16.0 Å². The maximum absolute atomic E-state index is 13.1. The third kappa shape index (κ3) is 4.14. The average Bonchev–Trinajstić information content (AvgIpc) is 2.34. The topological polar surface area (TPSA) is 74.7 Å². The summed E-state index contributed by atoms with van der Waals surface area (Å²) in [5.41, 5.74) is -0.794. The number of carboxylic acids is 1. The summed E-state index contributed by atoms with van der Waals surface area (Å²) in [5, 5.41) is 8.88. The van der Waals surface area contributed by atoms with Gasteiger partial charge in [-0.15, -0.1) is 0 Å². The largest absolute Gasteiger partial charge is 0.478 e. The lowest BCUT2D eigenvalue weighted by molar-refractivity contribution is -0.135. The standard InChI is InChI=1S/C11H11F4NO4S/c1-2-16(6-11(13,14)15)21(19,20)9-5-7(12)3-4-8(9)10(17)18/h3-5H,2,6H2,1H3,(H,17,18). The van der Waals surface area contributed by atoms with Gasteiger partial charge in [0.2, 0.25) is 10.0 Å². The number of carbonyl (C=O) groups is 1. The Hall–Kier alpha value is -1.68. The van der Waals surface area contributed by atoms with Crippen LogP contribution in [-0.4, -0.2) is 43.1 Å². The molecule has 0 aromatic heterocycles. The van der Waals surface area contributed by atoms with Gasteiger partial charge in [-0.05, 0) is 18.2 Å². The number of rotatable bonds is 5. The minimum atomic E-state index is -4.81. The van der Waals surface area contributed by atoms with Crippen molar-refractivity contribution in [2.75, 3.05) is 13.1 Å². The van der Waals surface area contributed by atoms with Crippen LogP contribution in [0.3, 0.4) is 0 Å². The SMILES string of the molecule is CCN(CC(F)(F)F)S(=O)(=O)c1cc(F)ccc1C(=O)O. The normalized spacial score (nSPS) is 12.7. The fourth-order valence-corrected chi connectivity index (χ4v) is 3.22. The van der Waals surface area contributed by atoms with Crippen molar-refractivity contribution in [3.63, 3.8) is 0 Å².